The second-order valence-corrected chi connectivity index (χ2v) is 8.59. The van der Waals surface area contributed by atoms with Crippen LogP contribution in [0.25, 0.3) is 0 Å². The summed E-state index contributed by atoms with van der Waals surface area (Å²) in [5.41, 5.74) is -3.44. The summed E-state index contributed by atoms with van der Waals surface area (Å²) < 4.78 is 10.5. The Morgan fingerprint density at radius 1 is 1.12 bits per heavy atom. The molecular weight excluding hydrogens is 432 g/mol. The maximum atomic E-state index is 13.3. The summed E-state index contributed by atoms with van der Waals surface area (Å²) in [5.74, 6) is -3.41. The number of hydrogen-bond acceptors (Lipinski definition) is 9. The van der Waals surface area contributed by atoms with Crippen LogP contribution in [0.5, 0.6) is 17.2 Å². The minimum atomic E-state index is -2.09. The Balaban J connectivity index is 1.88. The Morgan fingerprint density at radius 2 is 1.79 bits per heavy atom. The highest BCUT2D eigenvalue weighted by molar-refractivity contribution is 6.31. The van der Waals surface area contributed by atoms with Crippen LogP contribution >= 0.6 is 0 Å². The van der Waals surface area contributed by atoms with Gasteiger partial charge in [-0.3, -0.25) is 14.4 Å². The summed E-state index contributed by atoms with van der Waals surface area (Å²) in [7, 11) is 1.33. The molecule has 0 aliphatic heterocycles. The summed E-state index contributed by atoms with van der Waals surface area (Å²) in [4.78, 5) is 39.2. The summed E-state index contributed by atoms with van der Waals surface area (Å²) in [5, 5.41) is 43.7. The SMILES string of the molecule is COc1cccc2c1C(=O)c1c(O)c3c(c(O)c1C2=O)CC(O)(C(=O)COC(C)C)CC3O. The highest BCUT2D eigenvalue weighted by atomic mass is 16.5. The number of ketones is 3. The van der Waals surface area contributed by atoms with Crippen molar-refractivity contribution in [3.8, 4) is 17.2 Å². The lowest BCUT2D eigenvalue weighted by atomic mass is 9.72. The number of aromatic hydroxyl groups is 2. The van der Waals surface area contributed by atoms with Gasteiger partial charge in [-0.25, -0.2) is 0 Å². The lowest BCUT2D eigenvalue weighted by Gasteiger charge is -2.37. The molecule has 0 amide bonds. The monoisotopic (exact) mass is 456 g/mol. The van der Waals surface area contributed by atoms with E-state index in [9.17, 15) is 34.8 Å². The lowest BCUT2D eigenvalue weighted by molar-refractivity contribution is -0.148. The number of hydrogen-bond donors (Lipinski definition) is 4. The minimum Gasteiger partial charge on any atom is -0.507 e. The van der Waals surface area contributed by atoms with Crippen molar-refractivity contribution in [1.82, 2.24) is 0 Å². The van der Waals surface area contributed by atoms with Crippen LogP contribution in [0.4, 0.5) is 0 Å². The smallest absolute Gasteiger partial charge is 0.202 e. The number of benzene rings is 2. The Bertz CT molecular complexity index is 1200. The molecule has 2 aliphatic carbocycles. The number of Topliss-reactive ketones (excluding diaryl/α,β-unsaturated/α-hetero) is 1. The van der Waals surface area contributed by atoms with Crippen molar-refractivity contribution < 1.29 is 44.3 Å². The van der Waals surface area contributed by atoms with Gasteiger partial charge in [-0.2, -0.15) is 0 Å². The fraction of sp³-hybridized carbons (Fsp3) is 0.375. The van der Waals surface area contributed by atoms with Gasteiger partial charge in [-0.15, -0.1) is 0 Å². The number of fused-ring (bicyclic) bond motifs is 3. The van der Waals surface area contributed by atoms with E-state index in [1.807, 2.05) is 0 Å². The topological polar surface area (TPSA) is 151 Å². The molecule has 4 rings (SSSR count). The highest BCUT2D eigenvalue weighted by Gasteiger charge is 2.48. The number of phenolic OH excluding ortho intramolecular Hbond substituents is 2. The summed E-state index contributed by atoms with van der Waals surface area (Å²) >= 11 is 0. The molecule has 0 heterocycles. The second kappa shape index (κ2) is 7.95. The van der Waals surface area contributed by atoms with E-state index >= 15 is 0 Å². The summed E-state index contributed by atoms with van der Waals surface area (Å²) in [6, 6.07) is 4.40. The van der Waals surface area contributed by atoms with E-state index in [-0.39, 0.29) is 34.1 Å². The van der Waals surface area contributed by atoms with Gasteiger partial charge >= 0.3 is 0 Å². The van der Waals surface area contributed by atoms with Crippen LogP contribution in [0.15, 0.2) is 18.2 Å². The molecule has 9 nitrogen and oxygen atoms in total. The van der Waals surface area contributed by atoms with Crippen molar-refractivity contribution >= 4 is 17.3 Å². The van der Waals surface area contributed by atoms with Crippen molar-refractivity contribution in [2.45, 2.75) is 44.5 Å². The zero-order valence-corrected chi connectivity index (χ0v) is 18.3. The normalized spacial score (nSPS) is 21.5. The molecule has 9 heteroatoms. The maximum Gasteiger partial charge on any atom is 0.202 e. The van der Waals surface area contributed by atoms with Gasteiger partial charge in [0.15, 0.2) is 11.6 Å². The van der Waals surface area contributed by atoms with Gasteiger partial charge in [0.05, 0.1) is 36.0 Å². The molecule has 2 aliphatic rings. The van der Waals surface area contributed by atoms with Crippen molar-refractivity contribution in [1.29, 1.82) is 0 Å². The molecule has 2 aromatic rings. The molecule has 0 aromatic heterocycles. The number of ether oxygens (including phenoxy) is 2. The molecule has 4 N–H and O–H groups in total. The first-order chi connectivity index (χ1) is 15.5. The Labute approximate surface area is 189 Å². The van der Waals surface area contributed by atoms with E-state index in [1.54, 1.807) is 13.8 Å². The van der Waals surface area contributed by atoms with Crippen LogP contribution in [-0.4, -0.2) is 63.2 Å². The fourth-order valence-electron chi connectivity index (χ4n) is 4.53. The first-order valence-electron chi connectivity index (χ1n) is 10.4. The minimum absolute atomic E-state index is 0.0190. The van der Waals surface area contributed by atoms with E-state index in [2.05, 4.69) is 0 Å². The van der Waals surface area contributed by atoms with E-state index in [1.165, 1.54) is 25.3 Å². The van der Waals surface area contributed by atoms with Crippen LogP contribution in [0, 0.1) is 0 Å². The number of aliphatic hydroxyl groups excluding tert-OH is 1. The van der Waals surface area contributed by atoms with Crippen molar-refractivity contribution in [2.75, 3.05) is 13.7 Å². The molecule has 2 aromatic carbocycles. The summed E-state index contributed by atoms with van der Waals surface area (Å²) in [6.45, 7) is 3.01. The van der Waals surface area contributed by atoms with Gasteiger partial charge in [0.25, 0.3) is 0 Å². The number of aliphatic hydroxyl groups is 2. The number of methoxy groups -OCH3 is 1. The zero-order chi connectivity index (χ0) is 24.2. The molecule has 0 bridgehead atoms. The van der Waals surface area contributed by atoms with Crippen molar-refractivity contribution in [2.24, 2.45) is 0 Å². The van der Waals surface area contributed by atoms with Crippen molar-refractivity contribution in [3.63, 3.8) is 0 Å². The lowest BCUT2D eigenvalue weighted by Crippen LogP contribution is -2.47. The van der Waals surface area contributed by atoms with E-state index < -0.39 is 71.1 Å². The molecule has 0 saturated heterocycles. The molecule has 174 valence electrons. The van der Waals surface area contributed by atoms with Gasteiger partial charge < -0.3 is 29.9 Å². The molecule has 0 fully saturated rings. The average Bonchev–Trinajstić information content (AvgIpc) is 2.76. The first-order valence-corrected chi connectivity index (χ1v) is 10.4. The van der Waals surface area contributed by atoms with E-state index in [0.29, 0.717) is 0 Å². The quantitative estimate of drug-likeness (QED) is 0.420. The third kappa shape index (κ3) is 3.40. The van der Waals surface area contributed by atoms with Crippen LogP contribution < -0.4 is 4.74 Å². The molecule has 2 atom stereocenters. The number of carbonyl (C=O) groups excluding carboxylic acids is 3. The van der Waals surface area contributed by atoms with Crippen LogP contribution in [0.2, 0.25) is 0 Å². The number of carbonyl (C=O) groups is 3. The average molecular weight is 456 g/mol. The number of phenols is 2. The Kier molecular flexibility index (Phi) is 5.52. The van der Waals surface area contributed by atoms with Crippen LogP contribution in [-0.2, 0) is 16.0 Å². The third-order valence-corrected chi connectivity index (χ3v) is 6.16. The second-order valence-electron chi connectivity index (χ2n) is 8.59. The molecular formula is C24H24O9. The Hall–Kier alpha value is -3.27. The van der Waals surface area contributed by atoms with Gasteiger partial charge in [0.2, 0.25) is 5.78 Å². The van der Waals surface area contributed by atoms with Gasteiger partial charge in [-0.1, -0.05) is 12.1 Å². The van der Waals surface area contributed by atoms with Crippen LogP contribution in [0.1, 0.15) is 69.3 Å². The predicted octanol–water partition coefficient (Wildman–Crippen LogP) is 1.59. The molecule has 2 unspecified atom stereocenters. The highest BCUT2D eigenvalue weighted by Crippen LogP contribution is 2.51. The van der Waals surface area contributed by atoms with Gasteiger partial charge in [0, 0.05) is 29.5 Å². The van der Waals surface area contributed by atoms with Crippen LogP contribution in [0.3, 0.4) is 0 Å². The summed E-state index contributed by atoms with van der Waals surface area (Å²) in [6.07, 6.45) is -2.81. The molecule has 33 heavy (non-hydrogen) atoms. The Morgan fingerprint density at radius 3 is 2.42 bits per heavy atom. The predicted molar refractivity (Wildman–Crippen MR) is 114 cm³/mol. The molecule has 0 spiro atoms. The maximum absolute atomic E-state index is 13.3. The number of rotatable bonds is 5. The molecule has 0 radical (unpaired) electrons. The van der Waals surface area contributed by atoms with Gasteiger partial charge in [-0.05, 0) is 19.9 Å². The van der Waals surface area contributed by atoms with E-state index in [4.69, 9.17) is 9.47 Å². The largest absolute Gasteiger partial charge is 0.507 e. The van der Waals surface area contributed by atoms with Gasteiger partial charge in [0.1, 0.15) is 29.5 Å². The first kappa shape index (κ1) is 22.9. The van der Waals surface area contributed by atoms with E-state index in [0.717, 1.165) is 0 Å². The molecule has 0 saturated carbocycles. The zero-order valence-electron chi connectivity index (χ0n) is 18.3. The van der Waals surface area contributed by atoms with Crippen molar-refractivity contribution in [3.05, 3.63) is 51.6 Å². The third-order valence-electron chi connectivity index (χ3n) is 6.16. The fourth-order valence-corrected chi connectivity index (χ4v) is 4.53. The standard InChI is InChI=1S/C24H24O9/c1-10(2)33-9-15(26)24(31)7-12-16(13(25)8-24)22(29)19-18(21(12)28)20(27)11-5-4-6-14(32-3)17(11)23(19)30/h4-6,10,13,25,28-29,31H,7-9H2,1-3H3.